The van der Waals surface area contributed by atoms with Gasteiger partial charge in [-0.2, -0.15) is 0 Å². The number of hydrogen-bond donors (Lipinski definition) is 3. The fraction of sp³-hybridized carbons (Fsp3) is 0.208. The van der Waals surface area contributed by atoms with Crippen LogP contribution in [0.4, 0.5) is 0 Å². The normalized spacial score (nSPS) is 14.5. The van der Waals surface area contributed by atoms with E-state index in [0.717, 1.165) is 16.6 Å². The first-order chi connectivity index (χ1) is 17.4. The number of ether oxygens (including phenoxy) is 1. The highest BCUT2D eigenvalue weighted by atomic mass is 32.2. The van der Waals surface area contributed by atoms with Crippen LogP contribution in [0.15, 0.2) is 58.6 Å². The molecule has 1 aliphatic heterocycles. The van der Waals surface area contributed by atoms with Gasteiger partial charge in [0.2, 0.25) is 11.8 Å². The molecule has 3 aromatic rings. The van der Waals surface area contributed by atoms with Crippen LogP contribution < -0.4 is 15.6 Å². The van der Waals surface area contributed by atoms with Crippen molar-refractivity contribution in [2.24, 2.45) is 0 Å². The average molecular weight is 542 g/mol. The van der Waals surface area contributed by atoms with E-state index in [9.17, 15) is 14.4 Å². The number of aromatic nitrogens is 2. The third kappa shape index (κ3) is 6.65. The van der Waals surface area contributed by atoms with Crippen molar-refractivity contribution >= 4 is 74.9 Å². The van der Waals surface area contributed by atoms with Crippen LogP contribution in [0.25, 0.3) is 17.1 Å². The smallest absolute Gasteiger partial charge is 0.266 e. The van der Waals surface area contributed by atoms with Crippen LogP contribution in [-0.2, 0) is 14.4 Å². The number of carbonyl (C=O) groups is 3. The maximum atomic E-state index is 12.8. The van der Waals surface area contributed by atoms with Crippen molar-refractivity contribution in [2.75, 3.05) is 19.4 Å². The number of amides is 3. The van der Waals surface area contributed by atoms with Gasteiger partial charge in [-0.1, -0.05) is 60.0 Å². The Morgan fingerprint density at radius 3 is 2.81 bits per heavy atom. The summed E-state index contributed by atoms with van der Waals surface area (Å²) in [7, 11) is 1.58. The van der Waals surface area contributed by atoms with E-state index in [2.05, 4.69) is 20.8 Å². The number of methoxy groups -OCH3 is 1. The third-order valence-corrected chi connectivity index (χ3v) is 7.35. The predicted octanol–water partition coefficient (Wildman–Crippen LogP) is 3.49. The van der Waals surface area contributed by atoms with Crippen LogP contribution in [0.3, 0.4) is 0 Å². The molecule has 1 aliphatic rings. The molecule has 12 heteroatoms. The summed E-state index contributed by atoms with van der Waals surface area (Å²) >= 11 is 7.82. The van der Waals surface area contributed by atoms with Gasteiger partial charge in [-0.25, -0.2) is 4.98 Å². The highest BCUT2D eigenvalue weighted by Crippen LogP contribution is 2.33. The van der Waals surface area contributed by atoms with E-state index < -0.39 is 0 Å². The molecule has 0 atom stereocenters. The molecule has 0 bridgehead atoms. The summed E-state index contributed by atoms with van der Waals surface area (Å²) in [6.07, 6.45) is 2.30. The van der Waals surface area contributed by atoms with Gasteiger partial charge in [0.15, 0.2) is 5.16 Å². The van der Waals surface area contributed by atoms with Gasteiger partial charge in [0, 0.05) is 13.0 Å². The molecule has 9 nitrogen and oxygen atoms in total. The van der Waals surface area contributed by atoms with Crippen molar-refractivity contribution < 1.29 is 19.1 Å². The lowest BCUT2D eigenvalue weighted by molar-refractivity contribution is -0.128. The number of rotatable bonds is 9. The SMILES string of the molecule is COc1cccc(C=C2SC(=S)N(CCCC(=O)NNC(=O)CSc3nc4ccccc4[nH]3)C2=O)c1. The average Bonchev–Trinajstić information content (AvgIpc) is 3.42. The second-order valence-corrected chi connectivity index (χ2v) is 10.3. The molecular formula is C24H23N5O4S3. The molecule has 3 amide bonds. The van der Waals surface area contributed by atoms with Gasteiger partial charge in [0.25, 0.3) is 5.91 Å². The predicted molar refractivity (Wildman–Crippen MR) is 145 cm³/mol. The Morgan fingerprint density at radius 1 is 1.19 bits per heavy atom. The Morgan fingerprint density at radius 2 is 2.00 bits per heavy atom. The number of thioether (sulfide) groups is 2. The lowest BCUT2D eigenvalue weighted by Gasteiger charge is -2.14. The van der Waals surface area contributed by atoms with Gasteiger partial charge in [-0.15, -0.1) is 0 Å². The highest BCUT2D eigenvalue weighted by molar-refractivity contribution is 8.26. The molecule has 0 aliphatic carbocycles. The van der Waals surface area contributed by atoms with Crippen molar-refractivity contribution in [2.45, 2.75) is 18.0 Å². The van der Waals surface area contributed by atoms with Crippen molar-refractivity contribution in [1.82, 2.24) is 25.7 Å². The zero-order valence-corrected chi connectivity index (χ0v) is 21.7. The topological polar surface area (TPSA) is 116 Å². The van der Waals surface area contributed by atoms with Gasteiger partial charge in [0.1, 0.15) is 10.1 Å². The van der Waals surface area contributed by atoms with Crippen LogP contribution >= 0.6 is 35.7 Å². The number of H-pyrrole nitrogens is 1. The number of aromatic amines is 1. The first-order valence-electron chi connectivity index (χ1n) is 11.0. The van der Waals surface area contributed by atoms with Crippen molar-refractivity contribution in [1.29, 1.82) is 0 Å². The van der Waals surface area contributed by atoms with E-state index in [1.54, 1.807) is 13.2 Å². The lowest BCUT2D eigenvalue weighted by Crippen LogP contribution is -2.42. The van der Waals surface area contributed by atoms with E-state index in [-0.39, 0.29) is 29.9 Å². The summed E-state index contributed by atoms with van der Waals surface area (Å²) in [5.74, 6) is -0.103. The van der Waals surface area contributed by atoms with Crippen molar-refractivity contribution in [3.05, 3.63) is 59.0 Å². The number of hydrazine groups is 1. The van der Waals surface area contributed by atoms with Crippen LogP contribution in [-0.4, -0.2) is 56.3 Å². The van der Waals surface area contributed by atoms with E-state index in [4.69, 9.17) is 17.0 Å². The van der Waals surface area contributed by atoms with E-state index in [0.29, 0.717) is 33.1 Å². The quantitative estimate of drug-likeness (QED) is 0.163. The number of hydrogen-bond acceptors (Lipinski definition) is 8. The van der Waals surface area contributed by atoms with Crippen molar-refractivity contribution in [3.8, 4) is 5.75 Å². The van der Waals surface area contributed by atoms with Crippen LogP contribution in [0.1, 0.15) is 18.4 Å². The largest absolute Gasteiger partial charge is 0.497 e. The molecule has 4 rings (SSSR count). The van der Waals surface area contributed by atoms with Gasteiger partial charge in [0.05, 0.1) is 28.8 Å². The first kappa shape index (κ1) is 25.7. The number of thiocarbonyl (C=S) groups is 1. The minimum absolute atomic E-state index is 0.0935. The van der Waals surface area contributed by atoms with Crippen LogP contribution in [0.5, 0.6) is 5.75 Å². The summed E-state index contributed by atoms with van der Waals surface area (Å²) in [5.41, 5.74) is 7.35. The van der Waals surface area contributed by atoms with E-state index in [1.807, 2.05) is 48.5 Å². The molecule has 0 unspecified atom stereocenters. The Bertz CT molecular complexity index is 1310. The van der Waals surface area contributed by atoms with E-state index in [1.165, 1.54) is 28.4 Å². The van der Waals surface area contributed by atoms with Gasteiger partial charge in [-0.3, -0.25) is 30.1 Å². The summed E-state index contributed by atoms with van der Waals surface area (Å²) in [4.78, 5) is 46.5. The first-order valence-corrected chi connectivity index (χ1v) is 13.2. The molecule has 36 heavy (non-hydrogen) atoms. The second kappa shape index (κ2) is 12.1. The summed E-state index contributed by atoms with van der Waals surface area (Å²) in [5, 5.41) is 0.626. The number of carbonyl (C=O) groups excluding carboxylic acids is 3. The maximum absolute atomic E-state index is 12.8. The summed E-state index contributed by atoms with van der Waals surface area (Å²) < 4.78 is 5.67. The summed E-state index contributed by atoms with van der Waals surface area (Å²) in [6, 6.07) is 15.0. The molecule has 1 aromatic heterocycles. The molecule has 1 fully saturated rings. The molecule has 0 saturated carbocycles. The number of benzene rings is 2. The highest BCUT2D eigenvalue weighted by Gasteiger charge is 2.31. The summed E-state index contributed by atoms with van der Waals surface area (Å²) in [6.45, 7) is 0.309. The number of para-hydroxylation sites is 2. The molecule has 2 heterocycles. The van der Waals surface area contributed by atoms with Crippen LogP contribution in [0, 0.1) is 0 Å². The standard InChI is InChI=1S/C24H23N5O4S3/c1-33-16-7-4-6-15(12-16)13-19-22(32)29(24(34)36-19)11-5-10-20(30)27-28-21(31)14-35-23-25-17-8-2-3-9-18(17)26-23/h2-4,6-9,12-13H,5,10-11,14H2,1H3,(H,25,26)(H,27,30)(H,28,31). The number of fused-ring (bicyclic) bond motifs is 1. The fourth-order valence-corrected chi connectivity index (χ4v) is 5.34. The minimum atomic E-state index is -0.353. The van der Waals surface area contributed by atoms with Gasteiger partial charge >= 0.3 is 0 Å². The van der Waals surface area contributed by atoms with E-state index >= 15 is 0 Å². The molecule has 0 spiro atoms. The molecular weight excluding hydrogens is 518 g/mol. The Labute approximate surface area is 221 Å². The molecule has 3 N–H and O–H groups in total. The van der Waals surface area contributed by atoms with Gasteiger partial charge < -0.3 is 9.72 Å². The molecule has 186 valence electrons. The number of imidazole rings is 1. The number of nitrogens with one attached hydrogen (secondary N) is 3. The van der Waals surface area contributed by atoms with Crippen molar-refractivity contribution in [3.63, 3.8) is 0 Å². The molecule has 1 saturated heterocycles. The Balaban J connectivity index is 1.18. The molecule has 2 aromatic carbocycles. The van der Waals surface area contributed by atoms with Gasteiger partial charge in [-0.05, 0) is 42.3 Å². The lowest BCUT2D eigenvalue weighted by atomic mass is 10.2. The molecule has 0 radical (unpaired) electrons. The zero-order chi connectivity index (χ0) is 25.5. The number of nitrogens with zero attached hydrogens (tertiary/aromatic N) is 2. The minimum Gasteiger partial charge on any atom is -0.497 e. The Hall–Kier alpha value is -3.35. The maximum Gasteiger partial charge on any atom is 0.266 e. The third-order valence-electron chi connectivity index (χ3n) is 5.10. The second-order valence-electron chi connectivity index (χ2n) is 7.66. The fourth-order valence-electron chi connectivity index (χ4n) is 3.34. The zero-order valence-electron chi connectivity index (χ0n) is 19.3. The Kier molecular flexibility index (Phi) is 8.62. The monoisotopic (exact) mass is 541 g/mol. The van der Waals surface area contributed by atoms with Crippen LogP contribution in [0.2, 0.25) is 0 Å².